The van der Waals surface area contributed by atoms with Crippen LogP contribution in [0.2, 0.25) is 0 Å². The van der Waals surface area contributed by atoms with Crippen molar-refractivity contribution in [1.82, 2.24) is 15.1 Å². The normalized spacial score (nSPS) is 11.7. The quantitative estimate of drug-likeness (QED) is 0.605. The molecule has 1 aromatic rings. The lowest BCUT2D eigenvalue weighted by atomic mass is 10.2. The van der Waals surface area contributed by atoms with Gasteiger partial charge >= 0.3 is 11.9 Å². The van der Waals surface area contributed by atoms with Gasteiger partial charge < -0.3 is 15.5 Å². The zero-order valence-electron chi connectivity index (χ0n) is 11.3. The minimum absolute atomic E-state index is 0.153. The largest absolute Gasteiger partial charge is 0.481 e. The zero-order chi connectivity index (χ0) is 16.0. The number of nitrogens with one attached hydrogen (secondary N) is 1. The number of carboxylic acid groups (broad SMARTS) is 2. The third kappa shape index (κ3) is 4.71. The molecule has 1 atom stereocenters. The molecule has 0 saturated carbocycles. The Balaban J connectivity index is 2.92. The maximum Gasteiger partial charge on any atom is 0.326 e. The fourth-order valence-corrected chi connectivity index (χ4v) is 1.55. The van der Waals surface area contributed by atoms with Crippen molar-refractivity contribution in [3.63, 3.8) is 0 Å². The molecule has 9 heteroatoms. The van der Waals surface area contributed by atoms with Gasteiger partial charge in [0, 0.05) is 12.6 Å². The summed E-state index contributed by atoms with van der Waals surface area (Å²) >= 11 is 0. The number of rotatable bonds is 7. The van der Waals surface area contributed by atoms with Crippen molar-refractivity contribution in [2.45, 2.75) is 32.4 Å². The first-order chi connectivity index (χ1) is 9.85. The molecule has 0 aliphatic rings. The van der Waals surface area contributed by atoms with E-state index >= 15 is 0 Å². The molecule has 114 valence electrons. The first-order valence-electron chi connectivity index (χ1n) is 6.18. The Morgan fingerprint density at radius 3 is 2.52 bits per heavy atom. The smallest absolute Gasteiger partial charge is 0.326 e. The summed E-state index contributed by atoms with van der Waals surface area (Å²) in [6.45, 7) is 2.14. The number of carboxylic acids is 2. The van der Waals surface area contributed by atoms with Crippen molar-refractivity contribution in [2.75, 3.05) is 0 Å². The number of hydrogen-bond acceptors (Lipinski definition) is 5. The monoisotopic (exact) mass is 297 g/mol. The van der Waals surface area contributed by atoms with Gasteiger partial charge in [-0.3, -0.25) is 14.4 Å². The van der Waals surface area contributed by atoms with Crippen molar-refractivity contribution in [2.24, 2.45) is 0 Å². The van der Waals surface area contributed by atoms with Gasteiger partial charge in [0.2, 0.25) is 0 Å². The number of carbonyl (C=O) groups excluding carboxylic acids is 1. The fraction of sp³-hybridized carbons (Fsp3) is 0.417. The van der Waals surface area contributed by atoms with Crippen LogP contribution in [0.25, 0.3) is 0 Å². The second-order valence-electron chi connectivity index (χ2n) is 4.24. The summed E-state index contributed by atoms with van der Waals surface area (Å²) in [5.74, 6) is -3.67. The Hall–Kier alpha value is -2.71. The Morgan fingerprint density at radius 1 is 1.33 bits per heavy atom. The van der Waals surface area contributed by atoms with Gasteiger partial charge in [-0.25, -0.2) is 9.48 Å². The number of carbonyl (C=O) groups is 3. The lowest BCUT2D eigenvalue weighted by Crippen LogP contribution is -2.43. The minimum atomic E-state index is -1.57. The van der Waals surface area contributed by atoms with E-state index < -0.39 is 30.3 Å². The minimum Gasteiger partial charge on any atom is -0.481 e. The average molecular weight is 297 g/mol. The summed E-state index contributed by atoms with van der Waals surface area (Å²) in [5.41, 5.74) is -0.534. The van der Waals surface area contributed by atoms with Crippen molar-refractivity contribution < 1.29 is 24.6 Å². The Bertz CT molecular complexity index is 609. The molecule has 0 unspecified atom stereocenters. The molecule has 21 heavy (non-hydrogen) atoms. The van der Waals surface area contributed by atoms with Crippen LogP contribution in [0, 0.1) is 0 Å². The van der Waals surface area contributed by atoms with Gasteiger partial charge in [-0.15, -0.1) is 0 Å². The Kier molecular flexibility index (Phi) is 5.58. The highest BCUT2D eigenvalue weighted by Crippen LogP contribution is 1.98. The van der Waals surface area contributed by atoms with E-state index in [4.69, 9.17) is 10.2 Å². The molecule has 0 aromatic carbocycles. The third-order valence-corrected chi connectivity index (χ3v) is 2.52. The number of aromatic nitrogens is 2. The fourth-order valence-electron chi connectivity index (χ4n) is 1.55. The molecule has 1 aromatic heterocycles. The molecule has 1 heterocycles. The summed E-state index contributed by atoms with van der Waals surface area (Å²) in [4.78, 5) is 44.7. The van der Waals surface area contributed by atoms with Gasteiger partial charge in [-0.1, -0.05) is 6.92 Å². The van der Waals surface area contributed by atoms with Crippen LogP contribution < -0.4 is 10.9 Å². The van der Waals surface area contributed by atoms with Crippen LogP contribution in [0.3, 0.4) is 0 Å². The molecule has 0 saturated heterocycles. The van der Waals surface area contributed by atoms with Crippen LogP contribution in [0.5, 0.6) is 0 Å². The highest BCUT2D eigenvalue weighted by molar-refractivity contribution is 5.95. The van der Waals surface area contributed by atoms with Gasteiger partial charge in [0.1, 0.15) is 11.7 Å². The molecule has 0 aliphatic heterocycles. The third-order valence-electron chi connectivity index (χ3n) is 2.52. The average Bonchev–Trinajstić information content (AvgIpc) is 2.40. The lowest BCUT2D eigenvalue weighted by Gasteiger charge is -2.12. The van der Waals surface area contributed by atoms with Crippen LogP contribution in [-0.4, -0.2) is 43.9 Å². The second-order valence-corrected chi connectivity index (χ2v) is 4.24. The van der Waals surface area contributed by atoms with Crippen molar-refractivity contribution in [3.8, 4) is 0 Å². The Morgan fingerprint density at radius 2 is 2.00 bits per heavy atom. The molecule has 0 spiro atoms. The van der Waals surface area contributed by atoms with Gasteiger partial charge in [-0.2, -0.15) is 5.10 Å². The van der Waals surface area contributed by atoms with Gasteiger partial charge in [0.15, 0.2) is 0 Å². The SMILES string of the molecule is CCCn1nc(C(=O)N[C@H](CC(=O)O)C(=O)O)ccc1=O. The van der Waals surface area contributed by atoms with E-state index in [1.54, 1.807) is 0 Å². The molecule has 0 aliphatic carbocycles. The van der Waals surface area contributed by atoms with E-state index in [1.807, 2.05) is 6.92 Å². The van der Waals surface area contributed by atoms with Crippen LogP contribution in [-0.2, 0) is 16.1 Å². The van der Waals surface area contributed by atoms with Crippen LogP contribution in [0.15, 0.2) is 16.9 Å². The van der Waals surface area contributed by atoms with Gasteiger partial charge in [-0.05, 0) is 12.5 Å². The van der Waals surface area contributed by atoms with E-state index in [1.165, 1.54) is 0 Å². The van der Waals surface area contributed by atoms with Gasteiger partial charge in [0.25, 0.3) is 11.5 Å². The summed E-state index contributed by atoms with van der Waals surface area (Å²) in [5, 5.41) is 23.3. The number of amides is 1. The Labute approximate surface area is 119 Å². The molecule has 3 N–H and O–H groups in total. The van der Waals surface area contributed by atoms with Crippen LogP contribution in [0.1, 0.15) is 30.3 Å². The molecule has 9 nitrogen and oxygen atoms in total. The predicted molar refractivity (Wildman–Crippen MR) is 69.9 cm³/mol. The van der Waals surface area contributed by atoms with E-state index in [9.17, 15) is 19.2 Å². The number of hydrogen-bond donors (Lipinski definition) is 3. The molecular formula is C12H15N3O6. The number of aliphatic carboxylic acids is 2. The van der Waals surface area contributed by atoms with E-state index in [0.29, 0.717) is 13.0 Å². The van der Waals surface area contributed by atoms with Crippen LogP contribution in [0.4, 0.5) is 0 Å². The van der Waals surface area contributed by atoms with Crippen molar-refractivity contribution in [3.05, 3.63) is 28.2 Å². The van der Waals surface area contributed by atoms with Crippen molar-refractivity contribution in [1.29, 1.82) is 0 Å². The first-order valence-corrected chi connectivity index (χ1v) is 6.18. The second kappa shape index (κ2) is 7.17. The molecule has 0 bridgehead atoms. The summed E-state index contributed by atoms with van der Waals surface area (Å²) in [6.07, 6.45) is -0.121. The first kappa shape index (κ1) is 16.3. The van der Waals surface area contributed by atoms with E-state index in [-0.39, 0.29) is 11.3 Å². The van der Waals surface area contributed by atoms with Crippen LogP contribution >= 0.6 is 0 Å². The predicted octanol–water partition coefficient (Wildman–Crippen LogP) is -0.689. The maximum absolute atomic E-state index is 11.9. The topological polar surface area (TPSA) is 139 Å². The number of aryl methyl sites for hydroxylation is 1. The summed E-state index contributed by atoms with van der Waals surface area (Å²) in [7, 11) is 0. The van der Waals surface area contributed by atoms with Gasteiger partial charge in [0.05, 0.1) is 6.42 Å². The molecular weight excluding hydrogens is 282 g/mol. The highest BCUT2D eigenvalue weighted by atomic mass is 16.4. The standard InChI is InChI=1S/C12H15N3O6/c1-2-5-15-9(16)4-3-7(14-15)11(19)13-8(12(20)21)6-10(17)18/h3-4,8H,2,5-6H2,1H3,(H,13,19)(H,17,18)(H,20,21)/t8-/m1/s1. The highest BCUT2D eigenvalue weighted by Gasteiger charge is 2.24. The van der Waals surface area contributed by atoms with E-state index in [2.05, 4.69) is 10.4 Å². The molecule has 0 fully saturated rings. The molecule has 1 amide bonds. The van der Waals surface area contributed by atoms with E-state index in [0.717, 1.165) is 16.8 Å². The molecule has 1 rings (SSSR count). The lowest BCUT2D eigenvalue weighted by molar-refractivity contribution is -0.145. The molecule has 0 radical (unpaired) electrons. The zero-order valence-corrected chi connectivity index (χ0v) is 11.3. The maximum atomic E-state index is 11.9. The van der Waals surface area contributed by atoms with Crippen molar-refractivity contribution >= 4 is 17.8 Å². The summed E-state index contributed by atoms with van der Waals surface area (Å²) in [6, 6.07) is 0.733. The summed E-state index contributed by atoms with van der Waals surface area (Å²) < 4.78 is 1.09. The number of nitrogens with zero attached hydrogens (tertiary/aromatic N) is 2.